The third-order valence-electron chi connectivity index (χ3n) is 6.11. The van der Waals surface area contributed by atoms with Crippen molar-refractivity contribution in [1.29, 1.82) is 0 Å². The molecule has 0 unspecified atom stereocenters. The number of anilines is 2. The van der Waals surface area contributed by atoms with E-state index >= 15 is 0 Å². The van der Waals surface area contributed by atoms with Gasteiger partial charge in [0.25, 0.3) is 5.91 Å². The van der Waals surface area contributed by atoms with Crippen molar-refractivity contribution in [3.8, 4) is 0 Å². The van der Waals surface area contributed by atoms with Crippen LogP contribution >= 0.6 is 27.5 Å². The fourth-order valence-corrected chi connectivity index (χ4v) is 4.95. The fourth-order valence-electron chi connectivity index (χ4n) is 4.33. The van der Waals surface area contributed by atoms with Crippen LogP contribution in [0.4, 0.5) is 11.4 Å². The standard InChI is InChI=1S/C25H22BrClN2O5/c1-13-4-3-5-17-22(13)24(32)29(23(17)31)16-8-6-15(7-9-16)25(33)34-12-21(30)28-20-11-19(27)18(26)10-14(20)2/h3-4,6-11,13,17,22H,5,12H2,1-2H3,(H,28,30)/t13-,17+,22-/m0/s1. The first-order valence-electron chi connectivity index (χ1n) is 10.7. The van der Waals surface area contributed by atoms with Crippen LogP contribution in [0.3, 0.4) is 0 Å². The number of ether oxygens (including phenoxy) is 1. The summed E-state index contributed by atoms with van der Waals surface area (Å²) < 4.78 is 5.82. The van der Waals surface area contributed by atoms with Crippen LogP contribution in [0.15, 0.2) is 53.0 Å². The largest absolute Gasteiger partial charge is 0.452 e. The maximum atomic E-state index is 12.9. The maximum Gasteiger partial charge on any atom is 0.338 e. The summed E-state index contributed by atoms with van der Waals surface area (Å²) in [5.41, 5.74) is 1.92. The van der Waals surface area contributed by atoms with E-state index < -0.39 is 18.5 Å². The molecule has 2 aromatic rings. The normalized spacial score (nSPS) is 21.4. The van der Waals surface area contributed by atoms with Crippen LogP contribution in [0.5, 0.6) is 0 Å². The second kappa shape index (κ2) is 9.72. The van der Waals surface area contributed by atoms with Gasteiger partial charge in [0.1, 0.15) is 0 Å². The van der Waals surface area contributed by atoms with Crippen molar-refractivity contribution < 1.29 is 23.9 Å². The van der Waals surface area contributed by atoms with Crippen molar-refractivity contribution in [3.05, 3.63) is 69.2 Å². The topological polar surface area (TPSA) is 92.8 Å². The number of aryl methyl sites for hydroxylation is 1. The van der Waals surface area contributed by atoms with E-state index in [9.17, 15) is 19.2 Å². The van der Waals surface area contributed by atoms with Crippen LogP contribution in [0.2, 0.25) is 5.02 Å². The third kappa shape index (κ3) is 4.65. The Morgan fingerprint density at radius 2 is 1.88 bits per heavy atom. The molecule has 1 fully saturated rings. The smallest absolute Gasteiger partial charge is 0.338 e. The van der Waals surface area contributed by atoms with Gasteiger partial charge in [0.05, 0.1) is 28.1 Å². The van der Waals surface area contributed by atoms with Crippen molar-refractivity contribution in [2.45, 2.75) is 20.3 Å². The van der Waals surface area contributed by atoms with Gasteiger partial charge >= 0.3 is 5.97 Å². The van der Waals surface area contributed by atoms with Gasteiger partial charge in [-0.25, -0.2) is 4.79 Å². The van der Waals surface area contributed by atoms with Gasteiger partial charge in [-0.15, -0.1) is 0 Å². The number of halogens is 2. The lowest BCUT2D eigenvalue weighted by Gasteiger charge is -2.22. The average molecular weight is 546 g/mol. The second-order valence-corrected chi connectivity index (χ2v) is 9.68. The van der Waals surface area contributed by atoms with Crippen LogP contribution in [0, 0.1) is 24.7 Å². The molecule has 176 valence electrons. The summed E-state index contributed by atoms with van der Waals surface area (Å²) in [6.45, 7) is 3.27. The number of carbonyl (C=O) groups is 4. The minimum Gasteiger partial charge on any atom is -0.452 e. The molecule has 2 aromatic carbocycles. The molecule has 4 rings (SSSR count). The molecule has 7 nitrogen and oxygen atoms in total. The summed E-state index contributed by atoms with van der Waals surface area (Å²) in [6, 6.07) is 9.39. The Morgan fingerprint density at radius 1 is 1.18 bits per heavy atom. The summed E-state index contributed by atoms with van der Waals surface area (Å²) in [5.74, 6) is -2.35. The lowest BCUT2D eigenvalue weighted by atomic mass is 9.78. The number of nitrogens with zero attached hydrogens (tertiary/aromatic N) is 1. The van der Waals surface area contributed by atoms with Crippen LogP contribution in [0.1, 0.15) is 29.3 Å². The van der Waals surface area contributed by atoms with Gasteiger partial charge in [-0.2, -0.15) is 0 Å². The highest BCUT2D eigenvalue weighted by Crippen LogP contribution is 2.40. The molecule has 3 atom stereocenters. The molecule has 1 N–H and O–H groups in total. The van der Waals surface area contributed by atoms with E-state index in [-0.39, 0.29) is 35.1 Å². The summed E-state index contributed by atoms with van der Waals surface area (Å²) in [4.78, 5) is 51.5. The van der Waals surface area contributed by atoms with Gasteiger partial charge in [-0.3, -0.25) is 19.3 Å². The van der Waals surface area contributed by atoms with E-state index in [2.05, 4.69) is 21.2 Å². The molecule has 0 aromatic heterocycles. The van der Waals surface area contributed by atoms with Crippen LogP contribution in [0.25, 0.3) is 0 Å². The van der Waals surface area contributed by atoms with Crippen molar-refractivity contribution in [2.75, 3.05) is 16.8 Å². The lowest BCUT2D eigenvalue weighted by molar-refractivity contribution is -0.123. The summed E-state index contributed by atoms with van der Waals surface area (Å²) >= 11 is 9.38. The number of nitrogens with one attached hydrogen (secondary N) is 1. The zero-order valence-electron chi connectivity index (χ0n) is 18.5. The zero-order valence-corrected chi connectivity index (χ0v) is 20.9. The molecule has 0 radical (unpaired) electrons. The van der Waals surface area contributed by atoms with Crippen molar-refractivity contribution in [1.82, 2.24) is 0 Å². The highest BCUT2D eigenvalue weighted by atomic mass is 79.9. The van der Waals surface area contributed by atoms with E-state index in [1.165, 1.54) is 29.2 Å². The monoisotopic (exact) mass is 544 g/mol. The number of allylic oxidation sites excluding steroid dienone is 2. The van der Waals surface area contributed by atoms with E-state index in [0.717, 1.165) is 5.56 Å². The zero-order chi connectivity index (χ0) is 24.6. The summed E-state index contributed by atoms with van der Waals surface area (Å²) in [5, 5.41) is 3.10. The first-order chi connectivity index (χ1) is 16.2. The molecule has 1 saturated heterocycles. The molecular formula is C25H22BrClN2O5. The minimum atomic E-state index is -0.696. The molecule has 1 aliphatic heterocycles. The number of carbonyl (C=O) groups excluding carboxylic acids is 4. The summed E-state index contributed by atoms with van der Waals surface area (Å²) in [6.07, 6.45) is 4.47. The highest BCUT2D eigenvalue weighted by molar-refractivity contribution is 9.10. The Kier molecular flexibility index (Phi) is 6.91. The number of amides is 3. The van der Waals surface area contributed by atoms with E-state index in [1.807, 2.05) is 26.0 Å². The predicted molar refractivity (Wildman–Crippen MR) is 132 cm³/mol. The number of rotatable bonds is 5. The predicted octanol–water partition coefficient (Wildman–Crippen LogP) is 4.91. The first-order valence-corrected chi connectivity index (χ1v) is 11.9. The molecule has 1 aliphatic carbocycles. The molecule has 3 amide bonds. The SMILES string of the molecule is Cc1cc(Br)c(Cl)cc1NC(=O)COC(=O)c1ccc(N2C(=O)[C@H]3[C@@H](C)C=CC[C@H]3C2=O)cc1. The van der Waals surface area contributed by atoms with E-state index in [4.69, 9.17) is 16.3 Å². The highest BCUT2D eigenvalue weighted by Gasteiger charge is 2.50. The molecule has 9 heteroatoms. The number of hydrogen-bond donors (Lipinski definition) is 1. The third-order valence-corrected chi connectivity index (χ3v) is 7.31. The van der Waals surface area contributed by atoms with Crippen molar-refractivity contribution >= 4 is 62.6 Å². The maximum absolute atomic E-state index is 12.9. The van der Waals surface area contributed by atoms with Crippen molar-refractivity contribution in [2.24, 2.45) is 17.8 Å². The lowest BCUT2D eigenvalue weighted by Crippen LogP contribution is -2.31. The number of hydrogen-bond acceptors (Lipinski definition) is 5. The van der Waals surface area contributed by atoms with Crippen molar-refractivity contribution in [3.63, 3.8) is 0 Å². The quantitative estimate of drug-likeness (QED) is 0.327. The van der Waals surface area contributed by atoms with E-state index in [1.54, 1.807) is 12.1 Å². The Morgan fingerprint density at radius 3 is 2.56 bits per heavy atom. The molecular weight excluding hydrogens is 524 g/mol. The molecule has 0 spiro atoms. The Balaban J connectivity index is 1.37. The van der Waals surface area contributed by atoms with Gasteiger partial charge in [0.15, 0.2) is 6.61 Å². The molecule has 0 saturated carbocycles. The Hall–Kier alpha value is -2.97. The molecule has 1 heterocycles. The number of fused-ring (bicyclic) bond motifs is 1. The molecule has 34 heavy (non-hydrogen) atoms. The Bertz CT molecular complexity index is 1210. The number of esters is 1. The van der Waals surface area contributed by atoms with Gasteiger partial charge in [-0.05, 0) is 77.2 Å². The van der Waals surface area contributed by atoms with Gasteiger partial charge < -0.3 is 10.1 Å². The van der Waals surface area contributed by atoms with Gasteiger partial charge in [0.2, 0.25) is 11.8 Å². The number of benzene rings is 2. The fraction of sp³-hybridized carbons (Fsp3) is 0.280. The molecule has 2 aliphatic rings. The second-order valence-electron chi connectivity index (χ2n) is 8.42. The molecule has 0 bridgehead atoms. The van der Waals surface area contributed by atoms with Crippen LogP contribution in [-0.4, -0.2) is 30.3 Å². The van der Waals surface area contributed by atoms with Gasteiger partial charge in [0, 0.05) is 10.2 Å². The number of imide groups is 1. The van der Waals surface area contributed by atoms with E-state index in [0.29, 0.717) is 27.3 Å². The van der Waals surface area contributed by atoms with Crippen LogP contribution < -0.4 is 10.2 Å². The average Bonchev–Trinajstić information content (AvgIpc) is 3.07. The van der Waals surface area contributed by atoms with Gasteiger partial charge in [-0.1, -0.05) is 30.7 Å². The minimum absolute atomic E-state index is 0.00202. The first kappa shape index (κ1) is 24.2. The summed E-state index contributed by atoms with van der Waals surface area (Å²) in [7, 11) is 0. The van der Waals surface area contributed by atoms with Crippen LogP contribution in [-0.2, 0) is 19.1 Å². The Labute approximate surface area is 210 Å².